The third-order valence-corrected chi connectivity index (χ3v) is 6.18. The Balaban J connectivity index is 0.00000205. The molecule has 3 aromatic rings. The molecule has 2 aliphatic rings. The van der Waals surface area contributed by atoms with Crippen molar-refractivity contribution in [3.63, 3.8) is 0 Å². The van der Waals surface area contributed by atoms with E-state index >= 15 is 0 Å². The van der Waals surface area contributed by atoms with Gasteiger partial charge in [-0.05, 0) is 51.2 Å². The molecule has 0 bridgehead atoms. The Morgan fingerprint density at radius 3 is 2.17 bits per heavy atom. The molecule has 4 heterocycles. The van der Waals surface area contributed by atoms with Crippen molar-refractivity contribution in [3.8, 4) is 11.3 Å². The van der Waals surface area contributed by atoms with Crippen LogP contribution in [0.25, 0.3) is 22.3 Å². The van der Waals surface area contributed by atoms with Crippen molar-refractivity contribution in [2.75, 3.05) is 36.0 Å². The molecular formula is C22H27Cl2N5. The lowest BCUT2D eigenvalue weighted by molar-refractivity contribution is 0.574. The number of rotatable bonds is 3. The Hall–Kier alpha value is -1.98. The standard InChI is InChI=1S/C22H26ClN5.ClH/c1-15-24-19-20(22(25-15)28-13-3-2-4-14-28)26-18(16-7-9-17(23)10-8-16)21(19)27-11-5-6-12-27;/h7-10,26H,2-6,11-14H2,1H3;1H. The minimum absolute atomic E-state index is 0. The number of aryl methyl sites for hydroxylation is 1. The van der Waals surface area contributed by atoms with Gasteiger partial charge in [-0.1, -0.05) is 23.7 Å². The van der Waals surface area contributed by atoms with Crippen LogP contribution in [0.1, 0.15) is 37.9 Å². The van der Waals surface area contributed by atoms with Crippen LogP contribution < -0.4 is 9.80 Å². The molecule has 2 aliphatic heterocycles. The number of hydrogen-bond donors (Lipinski definition) is 1. The summed E-state index contributed by atoms with van der Waals surface area (Å²) in [6, 6.07) is 8.10. The lowest BCUT2D eigenvalue weighted by Gasteiger charge is -2.28. The second kappa shape index (κ2) is 8.41. The molecule has 7 heteroatoms. The van der Waals surface area contributed by atoms with Crippen molar-refractivity contribution in [1.29, 1.82) is 0 Å². The Morgan fingerprint density at radius 2 is 1.48 bits per heavy atom. The molecule has 0 aliphatic carbocycles. The first kappa shape index (κ1) is 20.3. The molecule has 0 radical (unpaired) electrons. The van der Waals surface area contributed by atoms with Crippen molar-refractivity contribution in [2.45, 2.75) is 39.0 Å². The van der Waals surface area contributed by atoms with Gasteiger partial charge in [0.2, 0.25) is 0 Å². The summed E-state index contributed by atoms with van der Waals surface area (Å²) in [4.78, 5) is 18.4. The molecule has 5 rings (SSSR count). The molecule has 0 amide bonds. The summed E-state index contributed by atoms with van der Waals surface area (Å²) in [6.07, 6.45) is 6.23. The highest BCUT2D eigenvalue weighted by molar-refractivity contribution is 6.30. The monoisotopic (exact) mass is 431 g/mol. The van der Waals surface area contributed by atoms with Crippen LogP contribution in [0, 0.1) is 6.92 Å². The first-order chi connectivity index (χ1) is 13.7. The van der Waals surface area contributed by atoms with E-state index in [9.17, 15) is 0 Å². The predicted octanol–water partition coefficient (Wildman–Crippen LogP) is 5.60. The molecule has 1 aromatic carbocycles. The Labute approximate surface area is 182 Å². The minimum Gasteiger partial charge on any atom is -0.368 e. The van der Waals surface area contributed by atoms with E-state index < -0.39 is 0 Å². The van der Waals surface area contributed by atoms with Gasteiger partial charge in [-0.25, -0.2) is 9.97 Å². The van der Waals surface area contributed by atoms with Gasteiger partial charge in [-0.3, -0.25) is 0 Å². The maximum absolute atomic E-state index is 6.14. The maximum atomic E-state index is 6.14. The van der Waals surface area contributed by atoms with Gasteiger partial charge in [-0.2, -0.15) is 0 Å². The molecule has 0 saturated carbocycles. The van der Waals surface area contributed by atoms with Gasteiger partial charge in [-0.15, -0.1) is 12.4 Å². The van der Waals surface area contributed by atoms with Gasteiger partial charge < -0.3 is 14.8 Å². The van der Waals surface area contributed by atoms with Crippen molar-refractivity contribution >= 4 is 46.5 Å². The quantitative estimate of drug-likeness (QED) is 0.586. The number of piperidine rings is 1. The molecular weight excluding hydrogens is 405 g/mol. The van der Waals surface area contributed by atoms with Gasteiger partial charge in [0.15, 0.2) is 5.82 Å². The van der Waals surface area contributed by atoms with E-state index in [-0.39, 0.29) is 12.4 Å². The van der Waals surface area contributed by atoms with E-state index in [2.05, 4.69) is 26.9 Å². The fraction of sp³-hybridized carbons (Fsp3) is 0.455. The Bertz CT molecular complexity index is 987. The van der Waals surface area contributed by atoms with E-state index in [0.29, 0.717) is 0 Å². The van der Waals surface area contributed by atoms with Gasteiger partial charge in [0.25, 0.3) is 0 Å². The predicted molar refractivity (Wildman–Crippen MR) is 124 cm³/mol. The lowest BCUT2D eigenvalue weighted by Crippen LogP contribution is -2.30. The van der Waals surface area contributed by atoms with Crippen molar-refractivity contribution in [1.82, 2.24) is 15.0 Å². The van der Waals surface area contributed by atoms with Crippen LogP contribution >= 0.6 is 24.0 Å². The highest BCUT2D eigenvalue weighted by atomic mass is 35.5. The molecule has 2 fully saturated rings. The Morgan fingerprint density at radius 1 is 0.862 bits per heavy atom. The van der Waals surface area contributed by atoms with Crippen molar-refractivity contribution < 1.29 is 0 Å². The van der Waals surface area contributed by atoms with Crippen LogP contribution in [0.5, 0.6) is 0 Å². The number of nitrogens with one attached hydrogen (secondary N) is 1. The maximum Gasteiger partial charge on any atom is 0.156 e. The number of aromatic nitrogens is 3. The highest BCUT2D eigenvalue weighted by Crippen LogP contribution is 2.41. The molecule has 2 saturated heterocycles. The summed E-state index contributed by atoms with van der Waals surface area (Å²) in [5.74, 6) is 1.90. The summed E-state index contributed by atoms with van der Waals surface area (Å²) < 4.78 is 0. The summed E-state index contributed by atoms with van der Waals surface area (Å²) in [7, 11) is 0. The zero-order valence-corrected chi connectivity index (χ0v) is 18.3. The molecule has 154 valence electrons. The highest BCUT2D eigenvalue weighted by Gasteiger charge is 2.26. The largest absolute Gasteiger partial charge is 0.368 e. The number of halogens is 2. The van der Waals surface area contributed by atoms with Crippen LogP contribution in [0.4, 0.5) is 11.5 Å². The fourth-order valence-electron chi connectivity index (χ4n) is 4.56. The molecule has 2 aromatic heterocycles. The average Bonchev–Trinajstić information content (AvgIpc) is 3.36. The van der Waals surface area contributed by atoms with E-state index in [4.69, 9.17) is 21.6 Å². The van der Waals surface area contributed by atoms with E-state index in [1.807, 2.05) is 19.1 Å². The number of anilines is 2. The summed E-state index contributed by atoms with van der Waals surface area (Å²) in [6.45, 7) is 6.31. The lowest BCUT2D eigenvalue weighted by atomic mass is 10.1. The van der Waals surface area contributed by atoms with Crippen LogP contribution in [-0.4, -0.2) is 41.1 Å². The van der Waals surface area contributed by atoms with Gasteiger partial charge in [0, 0.05) is 36.8 Å². The van der Waals surface area contributed by atoms with Crippen molar-refractivity contribution in [2.24, 2.45) is 0 Å². The molecule has 5 nitrogen and oxygen atoms in total. The first-order valence-electron chi connectivity index (χ1n) is 10.4. The Kier molecular flexibility index (Phi) is 5.88. The zero-order chi connectivity index (χ0) is 19.1. The van der Waals surface area contributed by atoms with Gasteiger partial charge in [0.1, 0.15) is 16.9 Å². The summed E-state index contributed by atoms with van der Waals surface area (Å²) >= 11 is 6.14. The molecule has 29 heavy (non-hydrogen) atoms. The first-order valence-corrected chi connectivity index (χ1v) is 10.7. The molecule has 0 unspecified atom stereocenters. The number of hydrogen-bond acceptors (Lipinski definition) is 4. The van der Waals surface area contributed by atoms with Crippen LogP contribution in [-0.2, 0) is 0 Å². The van der Waals surface area contributed by atoms with Gasteiger partial charge in [0.05, 0.1) is 11.4 Å². The second-order valence-electron chi connectivity index (χ2n) is 7.92. The molecule has 1 N–H and O–H groups in total. The van der Waals surface area contributed by atoms with E-state index in [1.165, 1.54) is 37.8 Å². The normalized spacial score (nSPS) is 17.0. The number of benzene rings is 1. The SMILES string of the molecule is Cc1nc(N2CCCCC2)c2[nH]c(-c3ccc(Cl)cc3)c(N3CCCC3)c2n1.Cl. The zero-order valence-electron chi connectivity index (χ0n) is 16.7. The van der Waals surface area contributed by atoms with Gasteiger partial charge >= 0.3 is 0 Å². The average molecular weight is 432 g/mol. The van der Waals surface area contributed by atoms with Crippen molar-refractivity contribution in [3.05, 3.63) is 35.1 Å². The van der Waals surface area contributed by atoms with Crippen LogP contribution in [0.15, 0.2) is 24.3 Å². The molecule has 0 spiro atoms. The van der Waals surface area contributed by atoms with E-state index in [0.717, 1.165) is 65.1 Å². The topological polar surface area (TPSA) is 48.1 Å². The third kappa shape index (κ3) is 3.78. The smallest absolute Gasteiger partial charge is 0.156 e. The number of nitrogens with zero attached hydrogens (tertiary/aromatic N) is 4. The number of H-pyrrole nitrogens is 1. The summed E-state index contributed by atoms with van der Waals surface area (Å²) in [5, 5.41) is 0.757. The minimum atomic E-state index is 0. The van der Waals surface area contributed by atoms with Crippen LogP contribution in [0.3, 0.4) is 0 Å². The second-order valence-corrected chi connectivity index (χ2v) is 8.35. The number of aromatic amines is 1. The van der Waals surface area contributed by atoms with E-state index in [1.54, 1.807) is 0 Å². The fourth-order valence-corrected chi connectivity index (χ4v) is 4.68. The third-order valence-electron chi connectivity index (χ3n) is 5.92. The summed E-state index contributed by atoms with van der Waals surface area (Å²) in [5.41, 5.74) is 5.62. The molecule has 0 atom stereocenters. The van der Waals surface area contributed by atoms with Crippen LogP contribution in [0.2, 0.25) is 5.02 Å². The number of fused-ring (bicyclic) bond motifs is 1.